The maximum atomic E-state index is 13.8. The van der Waals surface area contributed by atoms with E-state index in [4.69, 9.17) is 4.74 Å². The molecule has 5 aromatic rings. The molecule has 0 bridgehead atoms. The lowest BCUT2D eigenvalue weighted by atomic mass is 9.75. The van der Waals surface area contributed by atoms with Crippen LogP contribution in [0.25, 0.3) is 27.6 Å². The molecular weight excluding hydrogens is 540 g/mol. The van der Waals surface area contributed by atoms with E-state index >= 15 is 0 Å². The van der Waals surface area contributed by atoms with E-state index < -0.39 is 40.1 Å². The monoisotopic (exact) mass is 562 g/mol. The molecule has 0 unspecified atom stereocenters. The average molecular weight is 563 g/mol. The molecule has 0 radical (unpaired) electrons. The molecule has 0 atom stereocenters. The number of carbonyl (C=O) groups is 2. The zero-order valence-electron chi connectivity index (χ0n) is 22.3. The first-order chi connectivity index (χ1) is 20.1. The molecule has 2 aliphatic carbocycles. The minimum Gasteiger partial charge on any atom is -0.508 e. The molecule has 4 N–H and O–H groups in total. The minimum atomic E-state index is -0.813. The molecule has 0 amide bonds. The second-order valence-corrected chi connectivity index (χ2v) is 10.4. The van der Waals surface area contributed by atoms with Crippen molar-refractivity contribution in [3.8, 4) is 45.6 Å². The number of ketones is 2. The van der Waals surface area contributed by atoms with Crippen molar-refractivity contribution in [3.63, 3.8) is 0 Å². The summed E-state index contributed by atoms with van der Waals surface area (Å²) < 4.78 is 6.82. The highest BCUT2D eigenvalue weighted by molar-refractivity contribution is 6.32. The Hall–Kier alpha value is -5.64. The molecule has 1 heterocycles. The summed E-state index contributed by atoms with van der Waals surface area (Å²) in [6.45, 7) is 1.41. The molecule has 2 aliphatic rings. The maximum absolute atomic E-state index is 13.8. The molecule has 10 nitrogen and oxygen atoms in total. The number of rotatable bonds is 2. The van der Waals surface area contributed by atoms with E-state index in [0.717, 1.165) is 10.7 Å². The van der Waals surface area contributed by atoms with Crippen LogP contribution in [0.1, 0.15) is 48.5 Å². The summed E-state index contributed by atoms with van der Waals surface area (Å²) in [5, 5.41) is 49.0. The number of aryl methyl sites for hydroxylation is 1. The summed E-state index contributed by atoms with van der Waals surface area (Å²) in [6.07, 6.45) is 2.12. The summed E-state index contributed by atoms with van der Waals surface area (Å²) in [6, 6.07) is 11.5. The Labute approximate surface area is 237 Å². The Bertz CT molecular complexity index is 2130. The van der Waals surface area contributed by atoms with Gasteiger partial charge in [0.05, 0.1) is 41.1 Å². The summed E-state index contributed by atoms with van der Waals surface area (Å²) in [4.78, 5) is 41.2. The fraction of sp³-hybridized carbons (Fsp3) is 0.125. The van der Waals surface area contributed by atoms with Crippen LogP contribution < -0.4 is 10.3 Å². The summed E-state index contributed by atoms with van der Waals surface area (Å²) >= 11 is 0. The van der Waals surface area contributed by atoms with E-state index in [1.54, 1.807) is 36.4 Å². The Morgan fingerprint density at radius 2 is 1.55 bits per heavy atom. The van der Waals surface area contributed by atoms with Crippen molar-refractivity contribution in [2.24, 2.45) is 0 Å². The van der Waals surface area contributed by atoms with Crippen molar-refractivity contribution in [3.05, 3.63) is 98.0 Å². The molecule has 10 heteroatoms. The van der Waals surface area contributed by atoms with Gasteiger partial charge in [0.2, 0.25) is 5.78 Å². The van der Waals surface area contributed by atoms with Crippen LogP contribution in [-0.4, -0.2) is 48.9 Å². The van der Waals surface area contributed by atoms with Crippen LogP contribution in [0.2, 0.25) is 0 Å². The van der Waals surface area contributed by atoms with Crippen molar-refractivity contribution in [1.82, 2.24) is 9.78 Å². The van der Waals surface area contributed by atoms with Gasteiger partial charge in [-0.25, -0.2) is 0 Å². The third-order valence-corrected chi connectivity index (χ3v) is 8.21. The first kappa shape index (κ1) is 25.3. The number of fused-ring (bicyclic) bond motifs is 6. The van der Waals surface area contributed by atoms with Crippen LogP contribution in [0.4, 0.5) is 0 Å². The number of benzene rings is 4. The lowest BCUT2D eigenvalue weighted by Crippen LogP contribution is -2.24. The molecule has 208 valence electrons. The highest BCUT2D eigenvalue weighted by Crippen LogP contribution is 2.54. The van der Waals surface area contributed by atoms with Gasteiger partial charge in [-0.1, -0.05) is 18.2 Å². The largest absolute Gasteiger partial charge is 0.508 e. The van der Waals surface area contributed by atoms with Crippen molar-refractivity contribution in [1.29, 1.82) is 0 Å². The molecule has 0 fully saturated rings. The van der Waals surface area contributed by atoms with Gasteiger partial charge in [0.25, 0.3) is 5.56 Å². The highest BCUT2D eigenvalue weighted by Gasteiger charge is 2.42. The lowest BCUT2D eigenvalue weighted by Gasteiger charge is -2.29. The van der Waals surface area contributed by atoms with Gasteiger partial charge >= 0.3 is 0 Å². The van der Waals surface area contributed by atoms with Gasteiger partial charge in [-0.3, -0.25) is 14.4 Å². The van der Waals surface area contributed by atoms with E-state index in [1.807, 2.05) is 0 Å². The van der Waals surface area contributed by atoms with E-state index in [1.165, 1.54) is 20.2 Å². The number of methoxy groups -OCH3 is 1. The van der Waals surface area contributed by atoms with Gasteiger partial charge in [-0.2, -0.15) is 9.78 Å². The van der Waals surface area contributed by atoms with E-state index in [-0.39, 0.29) is 56.5 Å². The summed E-state index contributed by atoms with van der Waals surface area (Å²) in [5.41, 5.74) is -0.0500. The van der Waals surface area contributed by atoms with E-state index in [2.05, 4.69) is 5.10 Å². The zero-order chi connectivity index (χ0) is 29.6. The Morgan fingerprint density at radius 3 is 2.26 bits per heavy atom. The molecule has 1 aromatic heterocycles. The van der Waals surface area contributed by atoms with Gasteiger partial charge in [0.1, 0.15) is 28.7 Å². The predicted octanol–water partition coefficient (Wildman–Crippen LogP) is 4.07. The number of carbonyl (C=O) groups excluding carboxylic acids is 2. The standard InChI is InChI=1S/C32H22N2O8/c1-13-19(35)11-18-23(26(13)36)30(40)25-24(27(18)37)29(39)22-17(31(25)42-2)9-8-14-10-15-12-33-34(16-6-4-3-5-7-16)32(41)21(15)28(38)20(14)22/h3-7,10-12,35-36,38-39H,8-9H2,1-2H3. The lowest BCUT2D eigenvalue weighted by molar-refractivity contribution is 0.0971. The maximum Gasteiger partial charge on any atom is 0.283 e. The Kier molecular flexibility index (Phi) is 5.23. The topological polar surface area (TPSA) is 159 Å². The average Bonchev–Trinajstić information content (AvgIpc) is 2.98. The molecule has 42 heavy (non-hydrogen) atoms. The number of phenolic OH excluding ortho intramolecular Hbond substituents is 4. The molecule has 0 saturated carbocycles. The van der Waals surface area contributed by atoms with Gasteiger partial charge in [0.15, 0.2) is 5.78 Å². The number of aromatic hydroxyl groups is 4. The van der Waals surface area contributed by atoms with Gasteiger partial charge in [-0.05, 0) is 49.6 Å². The van der Waals surface area contributed by atoms with Crippen LogP contribution >= 0.6 is 0 Å². The van der Waals surface area contributed by atoms with Crippen molar-refractivity contribution in [2.45, 2.75) is 19.8 Å². The number of nitrogens with zero attached hydrogens (tertiary/aromatic N) is 2. The zero-order valence-corrected chi connectivity index (χ0v) is 22.3. The SMILES string of the molecule is COc1c2c(c(O)c3c1C(=O)c1c(cc(O)c(C)c1O)C3=O)-c1c(cc3cnn(-c4ccccc4)c(=O)c3c1O)CC2. The summed E-state index contributed by atoms with van der Waals surface area (Å²) in [7, 11) is 1.32. The second kappa shape index (κ2) is 8.68. The Morgan fingerprint density at radius 1 is 0.810 bits per heavy atom. The molecule has 0 aliphatic heterocycles. The minimum absolute atomic E-state index is 0.0218. The van der Waals surface area contributed by atoms with E-state index in [0.29, 0.717) is 28.6 Å². The fourth-order valence-corrected chi connectivity index (χ4v) is 6.20. The first-order valence-electron chi connectivity index (χ1n) is 13.1. The normalized spacial score (nSPS) is 13.4. The number of para-hydroxylation sites is 1. The molecule has 0 spiro atoms. The third-order valence-electron chi connectivity index (χ3n) is 8.21. The van der Waals surface area contributed by atoms with Crippen molar-refractivity contribution >= 4 is 22.3 Å². The van der Waals surface area contributed by atoms with Gasteiger partial charge in [-0.15, -0.1) is 0 Å². The van der Waals surface area contributed by atoms with E-state index in [9.17, 15) is 34.8 Å². The van der Waals surface area contributed by atoms with Gasteiger partial charge < -0.3 is 25.2 Å². The number of aromatic nitrogens is 2. The molecule has 4 aromatic carbocycles. The van der Waals surface area contributed by atoms with Crippen molar-refractivity contribution < 1.29 is 34.8 Å². The van der Waals surface area contributed by atoms with Crippen LogP contribution in [0.5, 0.6) is 28.7 Å². The molecule has 7 rings (SSSR count). The van der Waals surface area contributed by atoms with Crippen LogP contribution in [0.3, 0.4) is 0 Å². The molecule has 0 saturated heterocycles. The van der Waals surface area contributed by atoms with Crippen LogP contribution in [-0.2, 0) is 12.8 Å². The summed E-state index contributed by atoms with van der Waals surface area (Å²) in [5.74, 6) is -3.44. The van der Waals surface area contributed by atoms with Crippen molar-refractivity contribution in [2.75, 3.05) is 7.11 Å². The molecular formula is C32H22N2O8. The number of hydrogen-bond acceptors (Lipinski definition) is 9. The van der Waals surface area contributed by atoms with Crippen LogP contribution in [0, 0.1) is 6.92 Å². The quantitative estimate of drug-likeness (QED) is 0.244. The van der Waals surface area contributed by atoms with Crippen LogP contribution in [0.15, 0.2) is 53.5 Å². The second-order valence-electron chi connectivity index (χ2n) is 10.4. The predicted molar refractivity (Wildman–Crippen MR) is 151 cm³/mol. The smallest absolute Gasteiger partial charge is 0.283 e. The number of ether oxygens (including phenoxy) is 1. The highest BCUT2D eigenvalue weighted by atomic mass is 16.5. The van der Waals surface area contributed by atoms with Gasteiger partial charge in [0, 0.05) is 33.2 Å². The number of hydrogen-bond donors (Lipinski definition) is 4. The fourth-order valence-electron chi connectivity index (χ4n) is 6.20. The first-order valence-corrected chi connectivity index (χ1v) is 13.1. The third kappa shape index (κ3) is 3.14. The number of phenols is 4. The Balaban J connectivity index is 1.55.